The van der Waals surface area contributed by atoms with Crippen LogP contribution in [0.1, 0.15) is 15.9 Å². The third-order valence-electron chi connectivity index (χ3n) is 2.90. The number of hydrogen-bond acceptors (Lipinski definition) is 3. The molecule has 3 nitrogen and oxygen atoms in total. The first kappa shape index (κ1) is 15.1. The number of benzene rings is 2. The van der Waals surface area contributed by atoms with Gasteiger partial charge in [0.1, 0.15) is 12.4 Å². The minimum absolute atomic E-state index is 0.0867. The van der Waals surface area contributed by atoms with Crippen molar-refractivity contribution < 1.29 is 23.0 Å². The van der Waals surface area contributed by atoms with Crippen LogP contribution in [-0.2, 0) is 11.3 Å². The molecule has 0 heterocycles. The molecule has 0 bridgehead atoms. The molecule has 2 aromatic rings. The maximum atomic E-state index is 13.0. The maximum Gasteiger partial charge on any atom is 0.188 e. The lowest BCUT2D eigenvalue weighted by Crippen LogP contribution is -2.09. The van der Waals surface area contributed by atoms with Gasteiger partial charge in [0.05, 0.1) is 13.7 Å². The third kappa shape index (κ3) is 4.10. The van der Waals surface area contributed by atoms with E-state index in [2.05, 4.69) is 0 Å². The number of halogens is 2. The summed E-state index contributed by atoms with van der Waals surface area (Å²) in [5.41, 5.74) is 0.970. The summed E-state index contributed by atoms with van der Waals surface area (Å²) in [4.78, 5) is 11.8. The summed E-state index contributed by atoms with van der Waals surface area (Å²) in [7, 11) is 1.58. The standard InChI is InChI=1S/C16H14F2O3/c1-20-13-5-2-11(3-6-13)9-21-10-16(19)12-4-7-14(17)15(18)8-12/h2-8H,9-10H2,1H3. The van der Waals surface area contributed by atoms with Crippen LogP contribution in [0, 0.1) is 11.6 Å². The van der Waals surface area contributed by atoms with Crippen molar-refractivity contribution in [3.63, 3.8) is 0 Å². The number of hydrogen-bond donors (Lipinski definition) is 0. The van der Waals surface area contributed by atoms with E-state index in [1.165, 1.54) is 6.07 Å². The van der Waals surface area contributed by atoms with Crippen LogP contribution in [0.5, 0.6) is 5.75 Å². The number of ketones is 1. The second kappa shape index (κ2) is 6.95. The predicted molar refractivity (Wildman–Crippen MR) is 73.3 cm³/mol. The SMILES string of the molecule is COc1ccc(COCC(=O)c2ccc(F)c(F)c2)cc1. The maximum absolute atomic E-state index is 13.0. The van der Waals surface area contributed by atoms with Crippen LogP contribution in [-0.4, -0.2) is 19.5 Å². The first-order valence-electron chi connectivity index (χ1n) is 6.29. The van der Waals surface area contributed by atoms with Gasteiger partial charge in [-0.15, -0.1) is 0 Å². The molecule has 0 aliphatic carbocycles. The highest BCUT2D eigenvalue weighted by atomic mass is 19.2. The van der Waals surface area contributed by atoms with E-state index in [1.807, 2.05) is 12.1 Å². The van der Waals surface area contributed by atoms with Gasteiger partial charge < -0.3 is 9.47 Å². The van der Waals surface area contributed by atoms with Crippen LogP contribution in [0.15, 0.2) is 42.5 Å². The summed E-state index contributed by atoms with van der Waals surface area (Å²) in [6.07, 6.45) is 0. The lowest BCUT2D eigenvalue weighted by atomic mass is 10.1. The molecule has 0 amide bonds. The van der Waals surface area contributed by atoms with Crippen LogP contribution >= 0.6 is 0 Å². The summed E-state index contributed by atoms with van der Waals surface area (Å²) < 4.78 is 36.1. The molecule has 5 heteroatoms. The second-order valence-electron chi connectivity index (χ2n) is 4.39. The number of rotatable bonds is 6. The Morgan fingerprint density at radius 3 is 2.38 bits per heavy atom. The van der Waals surface area contributed by atoms with Crippen LogP contribution in [0.25, 0.3) is 0 Å². The molecule has 0 aliphatic heterocycles. The molecule has 0 saturated carbocycles. The van der Waals surface area contributed by atoms with E-state index in [4.69, 9.17) is 9.47 Å². The monoisotopic (exact) mass is 292 g/mol. The number of ether oxygens (including phenoxy) is 2. The summed E-state index contributed by atoms with van der Waals surface area (Å²) in [6.45, 7) is 0.0521. The minimum Gasteiger partial charge on any atom is -0.497 e. The Kier molecular flexibility index (Phi) is 5.00. The van der Waals surface area contributed by atoms with Gasteiger partial charge >= 0.3 is 0 Å². The van der Waals surface area contributed by atoms with Gasteiger partial charge in [0.2, 0.25) is 0 Å². The van der Waals surface area contributed by atoms with Crippen LogP contribution in [0.4, 0.5) is 8.78 Å². The smallest absolute Gasteiger partial charge is 0.188 e. The number of carbonyl (C=O) groups is 1. The molecule has 21 heavy (non-hydrogen) atoms. The number of methoxy groups -OCH3 is 1. The molecule has 2 aromatic carbocycles. The fraction of sp³-hybridized carbons (Fsp3) is 0.188. The third-order valence-corrected chi connectivity index (χ3v) is 2.90. The van der Waals surface area contributed by atoms with Gasteiger partial charge in [0, 0.05) is 5.56 Å². The molecule has 0 N–H and O–H groups in total. The first-order valence-corrected chi connectivity index (χ1v) is 6.29. The Morgan fingerprint density at radius 1 is 1.05 bits per heavy atom. The average Bonchev–Trinajstić information content (AvgIpc) is 2.50. The van der Waals surface area contributed by atoms with E-state index >= 15 is 0 Å². The van der Waals surface area contributed by atoms with Gasteiger partial charge in [-0.05, 0) is 35.9 Å². The Balaban J connectivity index is 1.87. The fourth-order valence-electron chi connectivity index (χ4n) is 1.74. The second-order valence-corrected chi connectivity index (χ2v) is 4.39. The van der Waals surface area contributed by atoms with Crippen molar-refractivity contribution in [1.82, 2.24) is 0 Å². The van der Waals surface area contributed by atoms with E-state index in [-0.39, 0.29) is 18.8 Å². The molecule has 0 spiro atoms. The molecular weight excluding hydrogens is 278 g/mol. The fourth-order valence-corrected chi connectivity index (χ4v) is 1.74. The Bertz CT molecular complexity index is 624. The van der Waals surface area contributed by atoms with Crippen molar-refractivity contribution in [3.8, 4) is 5.75 Å². The van der Waals surface area contributed by atoms with Crippen LogP contribution in [0.2, 0.25) is 0 Å². The van der Waals surface area contributed by atoms with E-state index in [1.54, 1.807) is 19.2 Å². The zero-order valence-electron chi connectivity index (χ0n) is 11.4. The molecule has 110 valence electrons. The van der Waals surface area contributed by atoms with Gasteiger partial charge in [0.15, 0.2) is 17.4 Å². The molecule has 0 unspecified atom stereocenters. The van der Waals surface area contributed by atoms with E-state index in [9.17, 15) is 13.6 Å². The first-order chi connectivity index (χ1) is 10.1. The molecule has 0 saturated heterocycles. The normalized spacial score (nSPS) is 10.4. The number of Topliss-reactive ketones (excluding diaryl/α,β-unsaturated/α-hetero) is 1. The predicted octanol–water partition coefficient (Wildman–Crippen LogP) is 3.37. The van der Waals surface area contributed by atoms with Gasteiger partial charge in [-0.1, -0.05) is 12.1 Å². The molecule has 0 fully saturated rings. The lowest BCUT2D eigenvalue weighted by molar-refractivity contribution is 0.0726. The Morgan fingerprint density at radius 2 is 1.76 bits per heavy atom. The van der Waals surface area contributed by atoms with Gasteiger partial charge in [-0.25, -0.2) is 8.78 Å². The van der Waals surface area contributed by atoms with Crippen molar-refractivity contribution in [1.29, 1.82) is 0 Å². The molecule has 2 rings (SSSR count). The largest absolute Gasteiger partial charge is 0.497 e. The topological polar surface area (TPSA) is 35.5 Å². The van der Waals surface area contributed by atoms with Crippen molar-refractivity contribution in [2.24, 2.45) is 0 Å². The molecule has 0 atom stereocenters. The van der Waals surface area contributed by atoms with Gasteiger partial charge in [0.25, 0.3) is 0 Å². The van der Waals surface area contributed by atoms with Crippen molar-refractivity contribution in [2.45, 2.75) is 6.61 Å². The van der Waals surface area contributed by atoms with Crippen molar-refractivity contribution in [2.75, 3.05) is 13.7 Å². The van der Waals surface area contributed by atoms with Crippen molar-refractivity contribution in [3.05, 3.63) is 65.2 Å². The highest BCUT2D eigenvalue weighted by Gasteiger charge is 2.10. The molecular formula is C16H14F2O3. The van der Waals surface area contributed by atoms with E-state index in [0.29, 0.717) is 0 Å². The summed E-state index contributed by atoms with van der Waals surface area (Å²) in [5, 5.41) is 0. The van der Waals surface area contributed by atoms with Crippen LogP contribution in [0.3, 0.4) is 0 Å². The quantitative estimate of drug-likeness (QED) is 0.766. The summed E-state index contributed by atoms with van der Waals surface area (Å²) in [5.74, 6) is -1.69. The zero-order valence-corrected chi connectivity index (χ0v) is 11.4. The average molecular weight is 292 g/mol. The Hall–Kier alpha value is -2.27. The highest BCUT2D eigenvalue weighted by molar-refractivity contribution is 5.97. The van der Waals surface area contributed by atoms with E-state index < -0.39 is 17.4 Å². The molecule has 0 aromatic heterocycles. The van der Waals surface area contributed by atoms with E-state index in [0.717, 1.165) is 23.4 Å². The minimum atomic E-state index is -1.05. The van der Waals surface area contributed by atoms with Crippen molar-refractivity contribution >= 4 is 5.78 Å². The zero-order chi connectivity index (χ0) is 15.2. The summed E-state index contributed by atoms with van der Waals surface area (Å²) in [6, 6.07) is 10.2. The van der Waals surface area contributed by atoms with Gasteiger partial charge in [-0.2, -0.15) is 0 Å². The van der Waals surface area contributed by atoms with Crippen LogP contribution < -0.4 is 4.74 Å². The molecule has 0 aliphatic rings. The Labute approximate surface area is 121 Å². The molecule has 0 radical (unpaired) electrons. The lowest BCUT2D eigenvalue weighted by Gasteiger charge is -2.05. The summed E-state index contributed by atoms with van der Waals surface area (Å²) >= 11 is 0. The van der Waals surface area contributed by atoms with Gasteiger partial charge in [-0.3, -0.25) is 4.79 Å². The highest BCUT2D eigenvalue weighted by Crippen LogP contribution is 2.13. The number of carbonyl (C=O) groups excluding carboxylic acids is 1.